The van der Waals surface area contributed by atoms with Crippen molar-refractivity contribution in [3.8, 4) is 11.1 Å². The minimum atomic E-state index is -0.949. The van der Waals surface area contributed by atoms with Crippen LogP contribution in [0.4, 0.5) is 0 Å². The van der Waals surface area contributed by atoms with Crippen LogP contribution in [0.3, 0.4) is 0 Å². The van der Waals surface area contributed by atoms with Crippen molar-refractivity contribution in [2.24, 2.45) is 0 Å². The Bertz CT molecular complexity index is 532. The molecular weight excluding hydrogens is 216 g/mol. The Labute approximate surface area is 98.6 Å². The van der Waals surface area contributed by atoms with E-state index in [9.17, 15) is 4.21 Å². The van der Waals surface area contributed by atoms with Crippen LogP contribution < -0.4 is 0 Å². The van der Waals surface area contributed by atoms with Crippen LogP contribution in [0.15, 0.2) is 53.4 Å². The van der Waals surface area contributed by atoms with Crippen molar-refractivity contribution >= 4 is 10.8 Å². The average Bonchev–Trinajstić information content (AvgIpc) is 2.29. The molecule has 1 unspecified atom stereocenters. The van der Waals surface area contributed by atoms with E-state index in [0.717, 1.165) is 16.0 Å². The molecule has 0 bridgehead atoms. The maximum atomic E-state index is 11.7. The summed E-state index contributed by atoms with van der Waals surface area (Å²) in [5.41, 5.74) is 3.44. The van der Waals surface area contributed by atoms with Crippen molar-refractivity contribution in [1.29, 1.82) is 0 Å². The SMILES string of the molecule is Cc1ccccc1-c1ccccc1S(C)=O. The molecule has 0 aliphatic rings. The van der Waals surface area contributed by atoms with E-state index in [1.807, 2.05) is 36.4 Å². The molecule has 16 heavy (non-hydrogen) atoms. The van der Waals surface area contributed by atoms with Gasteiger partial charge in [0.05, 0.1) is 10.8 Å². The van der Waals surface area contributed by atoms with Crippen molar-refractivity contribution in [1.82, 2.24) is 0 Å². The van der Waals surface area contributed by atoms with Gasteiger partial charge in [0, 0.05) is 11.2 Å². The molecule has 1 nitrogen and oxygen atoms in total. The lowest BCUT2D eigenvalue weighted by Crippen LogP contribution is -1.93. The van der Waals surface area contributed by atoms with Gasteiger partial charge in [0.25, 0.3) is 0 Å². The Morgan fingerprint density at radius 3 is 2.06 bits per heavy atom. The van der Waals surface area contributed by atoms with E-state index in [0.29, 0.717) is 0 Å². The van der Waals surface area contributed by atoms with Gasteiger partial charge in [0.1, 0.15) is 0 Å². The Morgan fingerprint density at radius 2 is 1.44 bits per heavy atom. The zero-order valence-electron chi connectivity index (χ0n) is 9.44. The minimum absolute atomic E-state index is 0.900. The van der Waals surface area contributed by atoms with Gasteiger partial charge in [-0.15, -0.1) is 0 Å². The third-order valence-corrected chi connectivity index (χ3v) is 3.61. The lowest BCUT2D eigenvalue weighted by Gasteiger charge is -2.09. The summed E-state index contributed by atoms with van der Waals surface area (Å²) in [7, 11) is -0.949. The van der Waals surface area contributed by atoms with Gasteiger partial charge in [-0.1, -0.05) is 42.5 Å². The molecule has 0 radical (unpaired) electrons. The first-order valence-corrected chi connectivity index (χ1v) is 6.74. The summed E-state index contributed by atoms with van der Waals surface area (Å²) in [5.74, 6) is 0. The highest BCUT2D eigenvalue weighted by molar-refractivity contribution is 7.84. The molecule has 0 saturated carbocycles. The number of aryl methyl sites for hydroxylation is 1. The molecule has 2 aromatic carbocycles. The van der Waals surface area contributed by atoms with E-state index < -0.39 is 10.8 Å². The summed E-state index contributed by atoms with van der Waals surface area (Å²) >= 11 is 0. The van der Waals surface area contributed by atoms with E-state index in [1.54, 1.807) is 6.26 Å². The lowest BCUT2D eigenvalue weighted by atomic mass is 10.0. The van der Waals surface area contributed by atoms with Gasteiger partial charge in [0.2, 0.25) is 0 Å². The van der Waals surface area contributed by atoms with Crippen molar-refractivity contribution in [3.63, 3.8) is 0 Å². The molecule has 0 spiro atoms. The molecule has 0 fully saturated rings. The van der Waals surface area contributed by atoms with Gasteiger partial charge in [-0.25, -0.2) is 0 Å². The summed E-state index contributed by atoms with van der Waals surface area (Å²) in [6, 6.07) is 16.0. The Kier molecular flexibility index (Phi) is 3.20. The Balaban J connectivity index is 2.65. The molecule has 1 atom stereocenters. The normalized spacial score (nSPS) is 12.4. The highest BCUT2D eigenvalue weighted by Crippen LogP contribution is 2.28. The van der Waals surface area contributed by atoms with Gasteiger partial charge in [-0.05, 0) is 29.7 Å². The monoisotopic (exact) mass is 230 g/mol. The van der Waals surface area contributed by atoms with E-state index in [1.165, 1.54) is 5.56 Å². The van der Waals surface area contributed by atoms with Gasteiger partial charge >= 0.3 is 0 Å². The van der Waals surface area contributed by atoms with Gasteiger partial charge in [-0.2, -0.15) is 0 Å². The fraction of sp³-hybridized carbons (Fsp3) is 0.143. The molecule has 0 N–H and O–H groups in total. The van der Waals surface area contributed by atoms with Crippen molar-refractivity contribution < 1.29 is 4.21 Å². The number of hydrogen-bond acceptors (Lipinski definition) is 1. The van der Waals surface area contributed by atoms with Crippen LogP contribution in [0.5, 0.6) is 0 Å². The Hall–Kier alpha value is -1.41. The van der Waals surface area contributed by atoms with Crippen LogP contribution in [0.25, 0.3) is 11.1 Å². The van der Waals surface area contributed by atoms with E-state index in [2.05, 4.69) is 19.1 Å². The highest BCUT2D eigenvalue weighted by atomic mass is 32.2. The highest BCUT2D eigenvalue weighted by Gasteiger charge is 2.08. The molecule has 0 aliphatic carbocycles. The van der Waals surface area contributed by atoms with Gasteiger partial charge < -0.3 is 0 Å². The van der Waals surface area contributed by atoms with E-state index in [4.69, 9.17) is 0 Å². The van der Waals surface area contributed by atoms with Gasteiger partial charge in [0.15, 0.2) is 0 Å². The second-order valence-electron chi connectivity index (χ2n) is 3.77. The third-order valence-electron chi connectivity index (χ3n) is 2.63. The number of rotatable bonds is 2. The van der Waals surface area contributed by atoms with Crippen LogP contribution >= 0.6 is 0 Å². The number of benzene rings is 2. The fourth-order valence-electron chi connectivity index (χ4n) is 1.81. The molecule has 0 aromatic heterocycles. The molecular formula is C14H14OS. The predicted octanol–water partition coefficient (Wildman–Crippen LogP) is 3.40. The number of hydrogen-bond donors (Lipinski definition) is 0. The average molecular weight is 230 g/mol. The van der Waals surface area contributed by atoms with Crippen LogP contribution in [0.2, 0.25) is 0 Å². The first-order valence-electron chi connectivity index (χ1n) is 5.18. The minimum Gasteiger partial charge on any atom is -0.255 e. The zero-order valence-corrected chi connectivity index (χ0v) is 10.3. The molecule has 82 valence electrons. The third kappa shape index (κ3) is 2.07. The summed E-state index contributed by atoms with van der Waals surface area (Å²) in [6.07, 6.45) is 1.72. The van der Waals surface area contributed by atoms with Crippen molar-refractivity contribution in [2.75, 3.05) is 6.26 Å². The largest absolute Gasteiger partial charge is 0.255 e. The maximum Gasteiger partial charge on any atom is 0.0504 e. The van der Waals surface area contributed by atoms with Crippen LogP contribution in [-0.2, 0) is 10.8 Å². The lowest BCUT2D eigenvalue weighted by molar-refractivity contribution is 0.687. The van der Waals surface area contributed by atoms with Crippen molar-refractivity contribution in [2.45, 2.75) is 11.8 Å². The van der Waals surface area contributed by atoms with Crippen LogP contribution in [0.1, 0.15) is 5.56 Å². The summed E-state index contributed by atoms with van der Waals surface area (Å²) in [4.78, 5) is 0.900. The summed E-state index contributed by atoms with van der Waals surface area (Å²) < 4.78 is 11.7. The maximum absolute atomic E-state index is 11.7. The Morgan fingerprint density at radius 1 is 0.875 bits per heavy atom. The molecule has 2 heteroatoms. The second kappa shape index (κ2) is 4.62. The molecule has 0 saturated heterocycles. The summed E-state index contributed by atoms with van der Waals surface area (Å²) in [5, 5.41) is 0. The zero-order chi connectivity index (χ0) is 11.5. The van der Waals surface area contributed by atoms with Gasteiger partial charge in [-0.3, -0.25) is 4.21 Å². The smallest absolute Gasteiger partial charge is 0.0504 e. The molecule has 0 heterocycles. The van der Waals surface area contributed by atoms with Crippen LogP contribution in [-0.4, -0.2) is 10.5 Å². The quantitative estimate of drug-likeness (QED) is 0.772. The first-order chi connectivity index (χ1) is 7.70. The van der Waals surface area contributed by atoms with Crippen LogP contribution in [0, 0.1) is 6.92 Å². The van der Waals surface area contributed by atoms with E-state index in [-0.39, 0.29) is 0 Å². The first kappa shape index (κ1) is 11.1. The molecule has 2 rings (SSSR count). The second-order valence-corrected chi connectivity index (χ2v) is 5.11. The molecule has 2 aromatic rings. The summed E-state index contributed by atoms with van der Waals surface area (Å²) in [6.45, 7) is 2.07. The molecule has 0 aliphatic heterocycles. The topological polar surface area (TPSA) is 17.1 Å². The molecule has 0 amide bonds. The van der Waals surface area contributed by atoms with E-state index >= 15 is 0 Å². The predicted molar refractivity (Wildman–Crippen MR) is 68.9 cm³/mol. The standard InChI is InChI=1S/C14H14OS/c1-11-7-3-4-8-12(11)13-9-5-6-10-14(13)16(2)15/h3-10H,1-2H3. The fourth-order valence-corrected chi connectivity index (χ4v) is 2.57. The van der Waals surface area contributed by atoms with Crippen molar-refractivity contribution in [3.05, 3.63) is 54.1 Å².